The molecule has 5 aliphatic rings. The van der Waals surface area contributed by atoms with Crippen LogP contribution in [0.4, 0.5) is 0 Å². The van der Waals surface area contributed by atoms with Crippen molar-refractivity contribution in [2.75, 3.05) is 39.8 Å². The third-order valence-corrected chi connectivity index (χ3v) is 7.18. The Morgan fingerprint density at radius 1 is 0.955 bits per heavy atom. The van der Waals surface area contributed by atoms with Gasteiger partial charge in [0.2, 0.25) is 0 Å². The number of likely N-dealkylation sites (N-methyl/N-ethyl adjacent to an activating group) is 1. The predicted octanol–water partition coefficient (Wildman–Crippen LogP) is 2.80. The maximum Gasteiger partial charge on any atom is 0.153 e. The Hall–Kier alpha value is -0.410. The molecule has 4 aliphatic carbocycles. The van der Waals surface area contributed by atoms with Gasteiger partial charge in [0.05, 0.1) is 6.54 Å². The third kappa shape index (κ3) is 2.45. The second-order valence-electron chi connectivity index (χ2n) is 9.91. The Morgan fingerprint density at radius 3 is 2.09 bits per heavy atom. The number of hydrogen-bond acceptors (Lipinski definition) is 3. The predicted molar refractivity (Wildman–Crippen MR) is 88.8 cm³/mol. The van der Waals surface area contributed by atoms with Crippen molar-refractivity contribution in [2.45, 2.75) is 52.4 Å². The smallest absolute Gasteiger partial charge is 0.153 e. The second kappa shape index (κ2) is 4.80. The first-order chi connectivity index (χ1) is 10.3. The summed E-state index contributed by atoms with van der Waals surface area (Å²) in [7, 11) is 2.18. The normalized spacial score (nSPS) is 48.8. The maximum atomic E-state index is 13.3. The van der Waals surface area contributed by atoms with E-state index in [1.165, 1.54) is 38.5 Å². The van der Waals surface area contributed by atoms with E-state index in [9.17, 15) is 4.79 Å². The zero-order valence-corrected chi connectivity index (χ0v) is 14.7. The van der Waals surface area contributed by atoms with E-state index < -0.39 is 0 Å². The topological polar surface area (TPSA) is 23.6 Å². The summed E-state index contributed by atoms with van der Waals surface area (Å²) in [5.74, 6) is 1.40. The van der Waals surface area contributed by atoms with Crippen LogP contribution in [0.3, 0.4) is 0 Å². The average molecular weight is 304 g/mol. The van der Waals surface area contributed by atoms with Crippen molar-refractivity contribution in [1.29, 1.82) is 0 Å². The third-order valence-electron chi connectivity index (χ3n) is 7.18. The number of ketones is 1. The van der Waals surface area contributed by atoms with Crippen LogP contribution in [0.5, 0.6) is 0 Å². The molecule has 0 aromatic heterocycles. The molecule has 1 heterocycles. The minimum atomic E-state index is 0.0340. The van der Waals surface area contributed by atoms with Crippen molar-refractivity contribution < 1.29 is 4.79 Å². The minimum absolute atomic E-state index is 0.0340. The second-order valence-corrected chi connectivity index (χ2v) is 9.91. The Morgan fingerprint density at radius 2 is 1.55 bits per heavy atom. The quantitative estimate of drug-likeness (QED) is 0.801. The largest absolute Gasteiger partial charge is 0.304 e. The Kier molecular flexibility index (Phi) is 3.30. The van der Waals surface area contributed by atoms with Crippen molar-refractivity contribution in [3.8, 4) is 0 Å². The molecule has 4 atom stereocenters. The number of piperazine rings is 1. The van der Waals surface area contributed by atoms with E-state index in [0.29, 0.717) is 23.2 Å². The van der Waals surface area contributed by atoms with Crippen LogP contribution in [0.1, 0.15) is 52.4 Å². The molecule has 3 heteroatoms. The lowest BCUT2D eigenvalue weighted by Crippen LogP contribution is -2.59. The van der Waals surface area contributed by atoms with Gasteiger partial charge in [-0.3, -0.25) is 9.69 Å². The van der Waals surface area contributed by atoms with E-state index in [-0.39, 0.29) is 5.41 Å². The van der Waals surface area contributed by atoms with Gasteiger partial charge in [0.1, 0.15) is 0 Å². The highest BCUT2D eigenvalue weighted by Gasteiger charge is 2.62. The van der Waals surface area contributed by atoms with E-state index in [2.05, 4.69) is 30.7 Å². The van der Waals surface area contributed by atoms with Crippen LogP contribution in [-0.2, 0) is 4.79 Å². The van der Waals surface area contributed by atoms with Crippen LogP contribution in [0, 0.1) is 22.2 Å². The van der Waals surface area contributed by atoms with Crippen molar-refractivity contribution in [3.63, 3.8) is 0 Å². The molecule has 0 radical (unpaired) electrons. The number of Topliss-reactive ketones (excluding diaryl/α,β-unsaturated/α-hetero) is 1. The van der Waals surface area contributed by atoms with Gasteiger partial charge in [-0.25, -0.2) is 0 Å². The summed E-state index contributed by atoms with van der Waals surface area (Å²) in [6.07, 6.45) is 7.68. The van der Waals surface area contributed by atoms with Crippen LogP contribution in [0.2, 0.25) is 0 Å². The highest BCUT2D eigenvalue weighted by atomic mass is 16.1. The maximum absolute atomic E-state index is 13.3. The van der Waals surface area contributed by atoms with E-state index in [1.54, 1.807) is 0 Å². The molecular formula is C19H32N2O. The molecule has 4 saturated carbocycles. The Bertz CT molecular complexity index is 462. The van der Waals surface area contributed by atoms with Gasteiger partial charge >= 0.3 is 0 Å². The molecule has 1 aliphatic heterocycles. The first-order valence-electron chi connectivity index (χ1n) is 9.24. The van der Waals surface area contributed by atoms with Crippen LogP contribution < -0.4 is 0 Å². The Balaban J connectivity index is 1.50. The number of hydrogen-bond donors (Lipinski definition) is 0. The molecule has 3 nitrogen and oxygen atoms in total. The van der Waals surface area contributed by atoms with Crippen molar-refractivity contribution in [2.24, 2.45) is 22.2 Å². The molecule has 2 unspecified atom stereocenters. The van der Waals surface area contributed by atoms with Gasteiger partial charge in [-0.2, -0.15) is 0 Å². The molecule has 1 saturated heterocycles. The lowest BCUT2D eigenvalue weighted by atomic mass is 9.39. The van der Waals surface area contributed by atoms with Gasteiger partial charge < -0.3 is 4.90 Å². The monoisotopic (exact) mass is 304 g/mol. The molecule has 0 aromatic carbocycles. The summed E-state index contributed by atoms with van der Waals surface area (Å²) in [5, 5.41) is 0. The van der Waals surface area contributed by atoms with Crippen molar-refractivity contribution >= 4 is 5.78 Å². The van der Waals surface area contributed by atoms with E-state index in [4.69, 9.17) is 0 Å². The summed E-state index contributed by atoms with van der Waals surface area (Å²) in [6, 6.07) is 0. The zero-order chi connectivity index (χ0) is 15.6. The highest BCUT2D eigenvalue weighted by Crippen LogP contribution is 2.69. The van der Waals surface area contributed by atoms with Gasteiger partial charge in [0, 0.05) is 31.6 Å². The molecule has 4 bridgehead atoms. The fraction of sp³-hybridized carbons (Fsp3) is 0.947. The molecular weight excluding hydrogens is 272 g/mol. The first-order valence-corrected chi connectivity index (χ1v) is 9.24. The standard InChI is InChI=1S/C19H32N2O/c1-17-8-15-9-18(2,12-17)14-19(10-15,13-17)16(22)11-21-6-4-20(3)5-7-21/h15H,4-14H2,1-3H3/t15?,17-,18+,19?. The van der Waals surface area contributed by atoms with Crippen LogP contribution >= 0.6 is 0 Å². The average Bonchev–Trinajstić information content (AvgIpc) is 2.37. The highest BCUT2D eigenvalue weighted by molar-refractivity contribution is 5.87. The molecule has 0 aromatic rings. The molecule has 5 fully saturated rings. The van der Waals surface area contributed by atoms with Crippen molar-refractivity contribution in [1.82, 2.24) is 9.80 Å². The van der Waals surface area contributed by atoms with Crippen molar-refractivity contribution in [3.05, 3.63) is 0 Å². The fourth-order valence-corrected chi connectivity index (χ4v) is 7.14. The van der Waals surface area contributed by atoms with Gasteiger partial charge in [-0.1, -0.05) is 13.8 Å². The van der Waals surface area contributed by atoms with Gasteiger partial charge in [0.25, 0.3) is 0 Å². The number of carbonyl (C=O) groups is 1. The summed E-state index contributed by atoms with van der Waals surface area (Å²) < 4.78 is 0. The first kappa shape index (κ1) is 15.1. The minimum Gasteiger partial charge on any atom is -0.304 e. The van der Waals surface area contributed by atoms with E-state index in [1.807, 2.05) is 0 Å². The lowest BCUT2D eigenvalue weighted by Gasteiger charge is -2.65. The number of carbonyl (C=O) groups excluding carboxylic acids is 1. The van der Waals surface area contributed by atoms with Crippen LogP contribution in [0.15, 0.2) is 0 Å². The van der Waals surface area contributed by atoms with Crippen LogP contribution in [0.25, 0.3) is 0 Å². The molecule has 22 heavy (non-hydrogen) atoms. The molecule has 5 rings (SSSR count). The molecule has 0 amide bonds. The van der Waals surface area contributed by atoms with Crippen LogP contribution in [-0.4, -0.2) is 55.4 Å². The molecule has 0 spiro atoms. The van der Waals surface area contributed by atoms with Gasteiger partial charge in [-0.15, -0.1) is 0 Å². The van der Waals surface area contributed by atoms with E-state index in [0.717, 1.165) is 32.1 Å². The Labute approximate surface area is 135 Å². The summed E-state index contributed by atoms with van der Waals surface area (Å²) >= 11 is 0. The molecule has 124 valence electrons. The fourth-order valence-electron chi connectivity index (χ4n) is 7.14. The summed E-state index contributed by atoms with van der Waals surface area (Å²) in [5.41, 5.74) is 0.935. The lowest BCUT2D eigenvalue weighted by molar-refractivity contribution is -0.169. The summed E-state index contributed by atoms with van der Waals surface area (Å²) in [4.78, 5) is 18.1. The summed E-state index contributed by atoms with van der Waals surface area (Å²) in [6.45, 7) is 10.00. The SMILES string of the molecule is CN1CCN(CC(=O)C23CC4C[C@@](C)(C2)C[C@](C)(C4)C3)CC1. The van der Waals surface area contributed by atoms with E-state index >= 15 is 0 Å². The van der Waals surface area contributed by atoms with Gasteiger partial charge in [-0.05, 0) is 62.3 Å². The molecule has 0 N–H and O–H groups in total. The number of rotatable bonds is 3. The number of nitrogens with zero attached hydrogens (tertiary/aromatic N) is 2. The van der Waals surface area contributed by atoms with Gasteiger partial charge in [0.15, 0.2) is 5.78 Å². The zero-order valence-electron chi connectivity index (χ0n) is 14.7.